The van der Waals surface area contributed by atoms with Gasteiger partial charge in [0, 0.05) is 12.4 Å². The van der Waals surface area contributed by atoms with E-state index >= 15 is 0 Å². The van der Waals surface area contributed by atoms with Crippen LogP contribution in [0.5, 0.6) is 6.01 Å². The number of ether oxygens (including phenoxy) is 1. The lowest BCUT2D eigenvalue weighted by Crippen LogP contribution is -2.38. The SMILES string of the molecule is Cc1cnc(OC2CC(CN)C2)nc1. The van der Waals surface area contributed by atoms with E-state index in [0.29, 0.717) is 11.9 Å². The molecule has 0 spiro atoms. The molecule has 1 fully saturated rings. The summed E-state index contributed by atoms with van der Waals surface area (Å²) in [5.74, 6) is 0.630. The smallest absolute Gasteiger partial charge is 0.316 e. The van der Waals surface area contributed by atoms with Crippen molar-refractivity contribution in [3.05, 3.63) is 18.0 Å². The maximum Gasteiger partial charge on any atom is 0.316 e. The highest BCUT2D eigenvalue weighted by Crippen LogP contribution is 2.29. The Labute approximate surface area is 83.5 Å². The van der Waals surface area contributed by atoms with Gasteiger partial charge in [-0.3, -0.25) is 0 Å². The van der Waals surface area contributed by atoms with E-state index in [1.165, 1.54) is 0 Å². The molecule has 0 amide bonds. The van der Waals surface area contributed by atoms with E-state index in [-0.39, 0.29) is 6.10 Å². The number of hydrogen-bond acceptors (Lipinski definition) is 4. The molecule has 1 aliphatic rings. The van der Waals surface area contributed by atoms with Crippen molar-refractivity contribution in [1.29, 1.82) is 0 Å². The van der Waals surface area contributed by atoms with E-state index in [0.717, 1.165) is 24.9 Å². The van der Waals surface area contributed by atoms with Gasteiger partial charge in [-0.2, -0.15) is 0 Å². The molecule has 2 N–H and O–H groups in total. The molecule has 0 bridgehead atoms. The number of rotatable bonds is 3. The molecule has 76 valence electrons. The third kappa shape index (κ3) is 2.01. The van der Waals surface area contributed by atoms with E-state index in [1.807, 2.05) is 6.92 Å². The lowest BCUT2D eigenvalue weighted by molar-refractivity contribution is 0.0603. The Morgan fingerprint density at radius 3 is 2.64 bits per heavy atom. The molecule has 1 saturated carbocycles. The van der Waals surface area contributed by atoms with Crippen molar-refractivity contribution in [2.75, 3.05) is 6.54 Å². The Morgan fingerprint density at radius 1 is 1.43 bits per heavy atom. The molecular formula is C10H15N3O. The minimum Gasteiger partial charge on any atom is -0.460 e. The summed E-state index contributed by atoms with van der Waals surface area (Å²) in [5.41, 5.74) is 6.57. The largest absolute Gasteiger partial charge is 0.460 e. The quantitative estimate of drug-likeness (QED) is 0.774. The average Bonchev–Trinajstić information content (AvgIpc) is 2.13. The number of aryl methyl sites for hydroxylation is 1. The highest BCUT2D eigenvalue weighted by atomic mass is 16.5. The fourth-order valence-corrected chi connectivity index (χ4v) is 1.55. The summed E-state index contributed by atoms with van der Waals surface area (Å²) in [6.45, 7) is 2.71. The van der Waals surface area contributed by atoms with Crippen molar-refractivity contribution >= 4 is 0 Å². The van der Waals surface area contributed by atoms with Gasteiger partial charge in [0.1, 0.15) is 6.10 Å². The lowest BCUT2D eigenvalue weighted by atomic mass is 9.82. The first kappa shape index (κ1) is 9.40. The first-order valence-corrected chi connectivity index (χ1v) is 4.93. The molecule has 1 aromatic rings. The zero-order chi connectivity index (χ0) is 9.97. The summed E-state index contributed by atoms with van der Waals surface area (Å²) in [6.07, 6.45) is 5.87. The molecule has 0 unspecified atom stereocenters. The second kappa shape index (κ2) is 3.92. The summed E-state index contributed by atoms with van der Waals surface area (Å²) >= 11 is 0. The Bertz CT molecular complexity index is 293. The third-order valence-corrected chi connectivity index (χ3v) is 2.56. The van der Waals surface area contributed by atoms with Crippen LogP contribution in [0, 0.1) is 12.8 Å². The van der Waals surface area contributed by atoms with Gasteiger partial charge in [-0.25, -0.2) is 9.97 Å². The highest BCUT2D eigenvalue weighted by Gasteiger charge is 2.30. The number of aromatic nitrogens is 2. The van der Waals surface area contributed by atoms with Crippen LogP contribution in [0.15, 0.2) is 12.4 Å². The fraction of sp³-hybridized carbons (Fsp3) is 0.600. The Hall–Kier alpha value is -1.16. The Kier molecular flexibility index (Phi) is 2.63. The topological polar surface area (TPSA) is 61.0 Å². The predicted octanol–water partition coefficient (Wildman–Crippen LogP) is 0.901. The van der Waals surface area contributed by atoms with Crippen molar-refractivity contribution in [2.24, 2.45) is 11.7 Å². The molecule has 0 atom stereocenters. The van der Waals surface area contributed by atoms with Crippen LogP contribution < -0.4 is 10.5 Å². The second-order valence-corrected chi connectivity index (χ2v) is 3.86. The van der Waals surface area contributed by atoms with Crippen molar-refractivity contribution in [3.8, 4) is 6.01 Å². The molecule has 1 aromatic heterocycles. The van der Waals surface area contributed by atoms with Gasteiger partial charge < -0.3 is 10.5 Å². The molecule has 2 rings (SSSR count). The first-order valence-electron chi connectivity index (χ1n) is 4.93. The van der Waals surface area contributed by atoms with Crippen LogP contribution in [0.1, 0.15) is 18.4 Å². The van der Waals surface area contributed by atoms with E-state index in [1.54, 1.807) is 12.4 Å². The molecule has 0 saturated heterocycles. The molecular weight excluding hydrogens is 178 g/mol. The van der Waals surface area contributed by atoms with Crippen molar-refractivity contribution < 1.29 is 4.74 Å². The van der Waals surface area contributed by atoms with Crippen LogP contribution in [0.3, 0.4) is 0 Å². The monoisotopic (exact) mass is 193 g/mol. The van der Waals surface area contributed by atoms with Crippen molar-refractivity contribution in [1.82, 2.24) is 9.97 Å². The molecule has 0 aliphatic heterocycles. The van der Waals surface area contributed by atoms with Gasteiger partial charge in [0.25, 0.3) is 0 Å². The zero-order valence-electron chi connectivity index (χ0n) is 8.31. The highest BCUT2D eigenvalue weighted by molar-refractivity contribution is 5.05. The minimum absolute atomic E-state index is 0.270. The van der Waals surface area contributed by atoms with Gasteiger partial charge in [-0.15, -0.1) is 0 Å². The van der Waals surface area contributed by atoms with E-state index in [4.69, 9.17) is 10.5 Å². The van der Waals surface area contributed by atoms with Gasteiger partial charge >= 0.3 is 6.01 Å². The summed E-state index contributed by atoms with van der Waals surface area (Å²) < 4.78 is 5.56. The second-order valence-electron chi connectivity index (χ2n) is 3.86. The molecule has 1 heterocycles. The third-order valence-electron chi connectivity index (χ3n) is 2.56. The van der Waals surface area contributed by atoms with Gasteiger partial charge in [0.2, 0.25) is 0 Å². The van der Waals surface area contributed by atoms with E-state index in [2.05, 4.69) is 9.97 Å². The molecule has 0 radical (unpaired) electrons. The van der Waals surface area contributed by atoms with Gasteiger partial charge in [-0.05, 0) is 37.8 Å². The van der Waals surface area contributed by atoms with Crippen LogP contribution in [-0.2, 0) is 0 Å². The fourth-order valence-electron chi connectivity index (χ4n) is 1.55. The predicted molar refractivity (Wildman–Crippen MR) is 53.0 cm³/mol. The van der Waals surface area contributed by atoms with Crippen molar-refractivity contribution in [3.63, 3.8) is 0 Å². The minimum atomic E-state index is 0.270. The lowest BCUT2D eigenvalue weighted by Gasteiger charge is -2.33. The average molecular weight is 193 g/mol. The maximum absolute atomic E-state index is 5.56. The van der Waals surface area contributed by atoms with Gasteiger partial charge in [0.15, 0.2) is 0 Å². The van der Waals surface area contributed by atoms with Crippen molar-refractivity contribution in [2.45, 2.75) is 25.9 Å². The number of nitrogens with two attached hydrogens (primary N) is 1. The maximum atomic E-state index is 5.56. The molecule has 4 heteroatoms. The normalized spacial score (nSPS) is 25.6. The van der Waals surface area contributed by atoms with Crippen LogP contribution in [0.2, 0.25) is 0 Å². The van der Waals surface area contributed by atoms with E-state index < -0.39 is 0 Å². The molecule has 4 nitrogen and oxygen atoms in total. The van der Waals surface area contributed by atoms with Crippen LogP contribution in [-0.4, -0.2) is 22.6 Å². The summed E-state index contributed by atoms with van der Waals surface area (Å²) in [6, 6.07) is 0.482. The molecule has 1 aliphatic carbocycles. The van der Waals surface area contributed by atoms with E-state index in [9.17, 15) is 0 Å². The zero-order valence-corrected chi connectivity index (χ0v) is 8.31. The van der Waals surface area contributed by atoms with Gasteiger partial charge in [-0.1, -0.05) is 0 Å². The summed E-state index contributed by atoms with van der Waals surface area (Å²) in [7, 11) is 0. The van der Waals surface area contributed by atoms with Crippen LogP contribution >= 0.6 is 0 Å². The first-order chi connectivity index (χ1) is 6.78. The number of hydrogen-bond donors (Lipinski definition) is 1. The molecule has 14 heavy (non-hydrogen) atoms. The molecule has 0 aromatic carbocycles. The van der Waals surface area contributed by atoms with Crippen LogP contribution in [0.25, 0.3) is 0 Å². The van der Waals surface area contributed by atoms with Gasteiger partial charge in [0.05, 0.1) is 0 Å². The van der Waals surface area contributed by atoms with Crippen LogP contribution in [0.4, 0.5) is 0 Å². The Balaban J connectivity index is 1.84. The summed E-state index contributed by atoms with van der Waals surface area (Å²) in [4.78, 5) is 8.17. The Morgan fingerprint density at radius 2 is 2.07 bits per heavy atom. The standard InChI is InChI=1S/C10H15N3O/c1-7-5-12-10(13-6-7)14-9-2-8(3-9)4-11/h5-6,8-9H,2-4,11H2,1H3. The number of nitrogens with zero attached hydrogens (tertiary/aromatic N) is 2. The summed E-state index contributed by atoms with van der Waals surface area (Å²) in [5, 5.41) is 0.